The van der Waals surface area contributed by atoms with Gasteiger partial charge in [0, 0.05) is 30.7 Å². The molecule has 0 saturated carbocycles. The molecule has 2 aromatic carbocycles. The van der Waals surface area contributed by atoms with Gasteiger partial charge in [-0.15, -0.1) is 11.3 Å². The second-order valence-electron chi connectivity index (χ2n) is 7.16. The Bertz CT molecular complexity index is 1190. The molecule has 1 atom stereocenters. The van der Waals surface area contributed by atoms with Crippen LogP contribution in [0.1, 0.15) is 10.6 Å². The van der Waals surface area contributed by atoms with Gasteiger partial charge in [0.15, 0.2) is 0 Å². The van der Waals surface area contributed by atoms with Crippen molar-refractivity contribution >= 4 is 39.2 Å². The fourth-order valence-electron chi connectivity index (χ4n) is 3.06. The zero-order valence-corrected chi connectivity index (χ0v) is 20.2. The maximum atomic E-state index is 13.3. The molecule has 3 amide bonds. The first kappa shape index (κ1) is 25.1. The lowest BCUT2D eigenvalue weighted by Crippen LogP contribution is -2.54. The standard InChI is InChI=1S/C22H25N5O5S2/c1-27(17-8-10-18(32-2)11-9-17)21(28)19(14-16-6-4-3-5-7-16)25-22(29)26-34(30,31)24-15-20-23-12-13-33-20/h3-13,19,24H,14-15H2,1-2H3,(H2,25,26,29)/t19-/m0/s1. The molecule has 0 spiro atoms. The third-order valence-electron chi connectivity index (χ3n) is 4.80. The van der Waals surface area contributed by atoms with Crippen LogP contribution < -0.4 is 24.4 Å². The van der Waals surface area contributed by atoms with Crippen molar-refractivity contribution in [2.75, 3.05) is 19.1 Å². The van der Waals surface area contributed by atoms with E-state index < -0.39 is 28.2 Å². The third-order valence-corrected chi connectivity index (χ3v) is 6.56. The second-order valence-corrected chi connectivity index (χ2v) is 9.64. The molecule has 0 aliphatic carbocycles. The average molecular weight is 504 g/mol. The molecule has 0 saturated heterocycles. The number of aromatic nitrogens is 1. The third kappa shape index (κ3) is 7.27. The van der Waals surface area contributed by atoms with Crippen molar-refractivity contribution in [3.8, 4) is 5.75 Å². The Hall–Kier alpha value is -3.48. The Morgan fingerprint density at radius 1 is 1.12 bits per heavy atom. The van der Waals surface area contributed by atoms with Gasteiger partial charge in [-0.3, -0.25) is 4.79 Å². The number of urea groups is 1. The second kappa shape index (κ2) is 11.6. The van der Waals surface area contributed by atoms with E-state index in [0.29, 0.717) is 16.4 Å². The lowest BCUT2D eigenvalue weighted by Gasteiger charge is -2.25. The Labute approximate surface area is 202 Å². The van der Waals surface area contributed by atoms with Crippen LogP contribution >= 0.6 is 11.3 Å². The number of ether oxygens (including phenoxy) is 1. The van der Waals surface area contributed by atoms with E-state index in [2.05, 4.69) is 15.0 Å². The van der Waals surface area contributed by atoms with Gasteiger partial charge in [-0.1, -0.05) is 30.3 Å². The molecular formula is C22H25N5O5S2. The first-order valence-electron chi connectivity index (χ1n) is 10.2. The highest BCUT2D eigenvalue weighted by Crippen LogP contribution is 2.19. The molecule has 3 aromatic rings. The minimum Gasteiger partial charge on any atom is -0.497 e. The number of anilines is 1. The number of hydrogen-bond acceptors (Lipinski definition) is 7. The molecule has 3 rings (SSSR count). The van der Waals surface area contributed by atoms with Gasteiger partial charge < -0.3 is 15.0 Å². The Balaban J connectivity index is 1.71. The van der Waals surface area contributed by atoms with Crippen LogP contribution in [-0.2, 0) is 28.0 Å². The van der Waals surface area contributed by atoms with Crippen molar-refractivity contribution in [3.05, 3.63) is 76.7 Å². The molecule has 0 bridgehead atoms. The summed E-state index contributed by atoms with van der Waals surface area (Å²) >= 11 is 1.28. The number of methoxy groups -OCH3 is 1. The number of amides is 3. The van der Waals surface area contributed by atoms with Crippen LogP contribution in [0.5, 0.6) is 5.75 Å². The summed E-state index contributed by atoms with van der Waals surface area (Å²) in [5.74, 6) is 0.218. The van der Waals surface area contributed by atoms with E-state index in [1.165, 1.54) is 16.2 Å². The van der Waals surface area contributed by atoms with Crippen LogP contribution in [-0.4, -0.2) is 45.5 Å². The zero-order valence-electron chi connectivity index (χ0n) is 18.6. The van der Waals surface area contributed by atoms with Crippen molar-refractivity contribution in [2.24, 2.45) is 0 Å². The summed E-state index contributed by atoms with van der Waals surface area (Å²) in [4.78, 5) is 31.2. The number of carbonyl (C=O) groups is 2. The molecule has 0 fully saturated rings. The summed E-state index contributed by atoms with van der Waals surface area (Å²) in [7, 11) is -1.04. The van der Waals surface area contributed by atoms with Crippen molar-refractivity contribution in [3.63, 3.8) is 0 Å². The first-order valence-corrected chi connectivity index (χ1v) is 12.6. The van der Waals surface area contributed by atoms with E-state index in [4.69, 9.17) is 4.74 Å². The molecule has 10 nitrogen and oxygen atoms in total. The Morgan fingerprint density at radius 3 is 2.44 bits per heavy atom. The quantitative estimate of drug-likeness (QED) is 0.388. The minimum absolute atomic E-state index is 0.0626. The monoisotopic (exact) mass is 503 g/mol. The maximum Gasteiger partial charge on any atom is 0.330 e. The van der Waals surface area contributed by atoms with E-state index in [9.17, 15) is 18.0 Å². The number of benzene rings is 2. The highest BCUT2D eigenvalue weighted by atomic mass is 32.2. The molecule has 0 unspecified atom stereocenters. The van der Waals surface area contributed by atoms with Crippen molar-refractivity contribution in [1.82, 2.24) is 19.7 Å². The smallest absolute Gasteiger partial charge is 0.330 e. The van der Waals surface area contributed by atoms with Gasteiger partial charge in [0.25, 0.3) is 0 Å². The maximum absolute atomic E-state index is 13.3. The molecule has 1 aromatic heterocycles. The van der Waals surface area contributed by atoms with E-state index in [-0.39, 0.29) is 13.0 Å². The topological polar surface area (TPSA) is 130 Å². The Morgan fingerprint density at radius 2 is 1.82 bits per heavy atom. The van der Waals surface area contributed by atoms with Crippen LogP contribution in [0.25, 0.3) is 0 Å². The molecule has 3 N–H and O–H groups in total. The number of rotatable bonds is 10. The van der Waals surface area contributed by atoms with E-state index in [1.807, 2.05) is 35.1 Å². The summed E-state index contributed by atoms with van der Waals surface area (Å²) < 4.78 is 33.8. The van der Waals surface area contributed by atoms with Crippen LogP contribution in [0.15, 0.2) is 66.2 Å². The van der Waals surface area contributed by atoms with Gasteiger partial charge in [0.1, 0.15) is 16.8 Å². The van der Waals surface area contributed by atoms with Crippen molar-refractivity contribution in [2.45, 2.75) is 19.0 Å². The number of thiazole rings is 1. The predicted octanol–water partition coefficient (Wildman–Crippen LogP) is 2.06. The molecule has 0 radical (unpaired) electrons. The molecule has 12 heteroatoms. The van der Waals surface area contributed by atoms with Gasteiger partial charge >= 0.3 is 16.2 Å². The summed E-state index contributed by atoms with van der Waals surface area (Å²) in [5, 5.41) is 4.75. The predicted molar refractivity (Wildman–Crippen MR) is 130 cm³/mol. The van der Waals surface area contributed by atoms with Crippen molar-refractivity contribution < 1.29 is 22.7 Å². The molecule has 34 heavy (non-hydrogen) atoms. The molecular weight excluding hydrogens is 478 g/mol. The number of hydrogen-bond donors (Lipinski definition) is 3. The molecule has 1 heterocycles. The van der Waals surface area contributed by atoms with Gasteiger partial charge in [-0.25, -0.2) is 14.5 Å². The van der Waals surface area contributed by atoms with Crippen LogP contribution in [0, 0.1) is 0 Å². The number of nitrogens with one attached hydrogen (secondary N) is 3. The van der Waals surface area contributed by atoms with Crippen LogP contribution in [0.3, 0.4) is 0 Å². The molecule has 180 valence electrons. The highest BCUT2D eigenvalue weighted by Gasteiger charge is 2.27. The summed E-state index contributed by atoms with van der Waals surface area (Å²) in [5.41, 5.74) is 1.39. The lowest BCUT2D eigenvalue weighted by atomic mass is 10.0. The summed E-state index contributed by atoms with van der Waals surface area (Å²) in [6.45, 7) is -0.0626. The van der Waals surface area contributed by atoms with Gasteiger partial charge in [0.2, 0.25) is 5.91 Å². The number of nitrogens with zero attached hydrogens (tertiary/aromatic N) is 2. The Kier molecular flexibility index (Phi) is 8.57. The minimum atomic E-state index is -4.17. The summed E-state index contributed by atoms with van der Waals surface area (Å²) in [6, 6.07) is 13.9. The van der Waals surface area contributed by atoms with Crippen molar-refractivity contribution in [1.29, 1.82) is 0 Å². The fraction of sp³-hybridized carbons (Fsp3) is 0.227. The van der Waals surface area contributed by atoms with E-state index >= 15 is 0 Å². The van der Waals surface area contributed by atoms with Crippen LogP contribution in [0.2, 0.25) is 0 Å². The average Bonchev–Trinajstić information content (AvgIpc) is 3.36. The zero-order chi connectivity index (χ0) is 24.6. The van der Waals surface area contributed by atoms with Gasteiger partial charge in [-0.05, 0) is 29.8 Å². The highest BCUT2D eigenvalue weighted by molar-refractivity contribution is 7.88. The molecule has 0 aliphatic heterocycles. The SMILES string of the molecule is COc1ccc(N(C)C(=O)[C@H](Cc2ccccc2)NC(=O)NS(=O)(=O)NCc2nccs2)cc1. The molecule has 0 aliphatic rings. The number of carbonyl (C=O) groups excluding carboxylic acids is 2. The summed E-state index contributed by atoms with van der Waals surface area (Å²) in [6.07, 6.45) is 1.72. The largest absolute Gasteiger partial charge is 0.497 e. The van der Waals surface area contributed by atoms with Crippen LogP contribution in [0.4, 0.5) is 10.5 Å². The number of likely N-dealkylation sites (N-methyl/N-ethyl adjacent to an activating group) is 1. The van der Waals surface area contributed by atoms with Gasteiger partial charge in [0.05, 0.1) is 13.7 Å². The van der Waals surface area contributed by atoms with Gasteiger partial charge in [-0.2, -0.15) is 13.1 Å². The first-order chi connectivity index (χ1) is 16.3. The van der Waals surface area contributed by atoms with E-state index in [0.717, 1.165) is 5.56 Å². The normalized spacial score (nSPS) is 11.9. The fourth-order valence-corrected chi connectivity index (χ4v) is 4.41. The lowest BCUT2D eigenvalue weighted by molar-refractivity contribution is -0.120. The van der Waals surface area contributed by atoms with E-state index in [1.54, 1.807) is 50.0 Å².